The fraction of sp³-hybridized carbons (Fsp3) is 0.200. The molecule has 0 atom stereocenters. The van der Waals surface area contributed by atoms with Crippen LogP contribution in [0.15, 0.2) is 112 Å². The van der Waals surface area contributed by atoms with E-state index >= 15 is 0 Å². The van der Waals surface area contributed by atoms with Crippen molar-refractivity contribution in [3.63, 3.8) is 0 Å². The van der Waals surface area contributed by atoms with E-state index in [-0.39, 0.29) is 9.79 Å². The maximum absolute atomic E-state index is 12.3. The predicted octanol–water partition coefficient (Wildman–Crippen LogP) is 6.30. The Morgan fingerprint density at radius 3 is 2.10 bits per heavy atom. The van der Waals surface area contributed by atoms with Gasteiger partial charge in [0.1, 0.15) is 4.90 Å². The van der Waals surface area contributed by atoms with Crippen LogP contribution in [0.4, 0.5) is 5.69 Å². The first kappa shape index (κ1) is 28.5. The molecule has 3 aromatic rings. The van der Waals surface area contributed by atoms with Crippen LogP contribution in [0.5, 0.6) is 0 Å². The number of hydrogen-bond donors (Lipinski definition) is 2. The van der Waals surface area contributed by atoms with E-state index < -0.39 is 20.2 Å². The SMILES string of the molecule is CCC1=CC(=C(c2ccc(N(CC)Cc3ccc(S(=O)(=O)O)cc3)cc2)c2ccccc2S(=O)(=O)O)C=CC1. The minimum atomic E-state index is -4.46. The van der Waals surface area contributed by atoms with Gasteiger partial charge in [-0.3, -0.25) is 9.11 Å². The third kappa shape index (κ3) is 6.75. The van der Waals surface area contributed by atoms with Crippen molar-refractivity contribution in [1.29, 1.82) is 0 Å². The number of rotatable bonds is 9. The van der Waals surface area contributed by atoms with Gasteiger partial charge in [-0.15, -0.1) is 0 Å². The summed E-state index contributed by atoms with van der Waals surface area (Å²) in [5, 5.41) is 0. The molecule has 1 aliphatic rings. The van der Waals surface area contributed by atoms with Gasteiger partial charge >= 0.3 is 0 Å². The summed E-state index contributed by atoms with van der Waals surface area (Å²) in [4.78, 5) is 1.81. The van der Waals surface area contributed by atoms with Crippen LogP contribution in [0.2, 0.25) is 0 Å². The van der Waals surface area contributed by atoms with Gasteiger partial charge in [0.05, 0.1) is 4.90 Å². The molecule has 0 radical (unpaired) electrons. The van der Waals surface area contributed by atoms with E-state index in [2.05, 4.69) is 24.0 Å². The second kappa shape index (κ2) is 11.7. The summed E-state index contributed by atoms with van der Waals surface area (Å²) in [6.07, 6.45) is 7.83. The number of benzene rings is 3. The first-order chi connectivity index (χ1) is 18.5. The highest BCUT2D eigenvalue weighted by molar-refractivity contribution is 7.86. The average molecular weight is 566 g/mol. The molecule has 2 N–H and O–H groups in total. The van der Waals surface area contributed by atoms with E-state index in [1.54, 1.807) is 30.3 Å². The van der Waals surface area contributed by atoms with Crippen molar-refractivity contribution in [2.24, 2.45) is 0 Å². The molecule has 4 rings (SSSR count). The van der Waals surface area contributed by atoms with E-state index in [0.29, 0.717) is 24.2 Å². The molecule has 0 saturated carbocycles. The highest BCUT2D eigenvalue weighted by atomic mass is 32.2. The number of allylic oxidation sites excluding steroid dienone is 5. The summed E-state index contributed by atoms with van der Waals surface area (Å²) in [6, 6.07) is 20.3. The van der Waals surface area contributed by atoms with Crippen molar-refractivity contribution < 1.29 is 25.9 Å². The first-order valence-corrected chi connectivity index (χ1v) is 15.5. The van der Waals surface area contributed by atoms with Crippen LogP contribution in [0.3, 0.4) is 0 Å². The summed E-state index contributed by atoms with van der Waals surface area (Å²) in [5.41, 5.74) is 5.83. The molecule has 1 aliphatic carbocycles. The number of anilines is 1. The van der Waals surface area contributed by atoms with Crippen LogP contribution < -0.4 is 4.90 Å². The van der Waals surface area contributed by atoms with E-state index in [4.69, 9.17) is 0 Å². The normalized spacial score (nSPS) is 15.1. The quantitative estimate of drug-likeness (QED) is 0.293. The molecule has 0 bridgehead atoms. The summed E-state index contributed by atoms with van der Waals surface area (Å²) in [6.45, 7) is 5.30. The highest BCUT2D eigenvalue weighted by Gasteiger charge is 2.21. The van der Waals surface area contributed by atoms with Gasteiger partial charge in [-0.2, -0.15) is 16.8 Å². The second-order valence-corrected chi connectivity index (χ2v) is 12.1. The fourth-order valence-electron chi connectivity index (χ4n) is 4.65. The van der Waals surface area contributed by atoms with E-state index in [1.165, 1.54) is 23.8 Å². The molecule has 0 aliphatic heterocycles. The van der Waals surface area contributed by atoms with E-state index in [0.717, 1.165) is 35.2 Å². The van der Waals surface area contributed by atoms with Crippen LogP contribution in [-0.2, 0) is 26.8 Å². The molecule has 0 amide bonds. The topological polar surface area (TPSA) is 112 Å². The Hall–Kier alpha value is -3.50. The maximum Gasteiger partial charge on any atom is 0.295 e. The second-order valence-electron chi connectivity index (χ2n) is 9.24. The average Bonchev–Trinajstić information content (AvgIpc) is 2.92. The molecule has 3 aromatic carbocycles. The summed E-state index contributed by atoms with van der Waals surface area (Å²) < 4.78 is 66.4. The third-order valence-electron chi connectivity index (χ3n) is 6.71. The van der Waals surface area contributed by atoms with Crippen molar-refractivity contribution in [2.75, 3.05) is 11.4 Å². The predicted molar refractivity (Wildman–Crippen MR) is 154 cm³/mol. The van der Waals surface area contributed by atoms with Crippen molar-refractivity contribution in [2.45, 2.75) is 43.0 Å². The molecule has 0 aromatic heterocycles. The molecule has 0 spiro atoms. The molecule has 7 nitrogen and oxygen atoms in total. The molecule has 39 heavy (non-hydrogen) atoms. The Labute approximate surface area is 230 Å². The lowest BCUT2D eigenvalue weighted by Gasteiger charge is -2.24. The van der Waals surface area contributed by atoms with Crippen molar-refractivity contribution >= 4 is 31.5 Å². The molecule has 0 saturated heterocycles. The lowest BCUT2D eigenvalue weighted by Crippen LogP contribution is -2.22. The highest BCUT2D eigenvalue weighted by Crippen LogP contribution is 2.36. The van der Waals surface area contributed by atoms with Gasteiger partial charge in [-0.05, 0) is 72.4 Å². The van der Waals surface area contributed by atoms with Gasteiger partial charge in [0.15, 0.2) is 0 Å². The van der Waals surface area contributed by atoms with E-state index in [1.807, 2.05) is 37.3 Å². The molecule has 9 heteroatoms. The standard InChI is InChI=1S/C30H31NO6S2/c1-3-22-8-7-9-25(20-22)30(28-10-5-6-11-29(28)39(35,36)37)24-14-16-26(17-15-24)31(4-2)21-23-12-18-27(19-13-23)38(32,33)34/h5-7,9-20H,3-4,8,21H2,1-2H3,(H,32,33,34)(H,35,36,37). The lowest BCUT2D eigenvalue weighted by molar-refractivity contribution is 0.480. The monoisotopic (exact) mass is 565 g/mol. The van der Waals surface area contributed by atoms with Gasteiger partial charge in [0.25, 0.3) is 20.2 Å². The number of nitrogens with zero attached hydrogens (tertiary/aromatic N) is 1. The molecule has 0 unspecified atom stereocenters. The summed E-state index contributed by atoms with van der Waals surface area (Å²) >= 11 is 0. The van der Waals surface area contributed by atoms with Crippen molar-refractivity contribution in [3.05, 3.63) is 119 Å². The Morgan fingerprint density at radius 1 is 0.846 bits per heavy atom. The van der Waals surface area contributed by atoms with Crippen molar-refractivity contribution in [1.82, 2.24) is 0 Å². The molecule has 0 heterocycles. The zero-order valence-electron chi connectivity index (χ0n) is 21.8. The van der Waals surface area contributed by atoms with Gasteiger partial charge in [0, 0.05) is 24.3 Å². The number of hydrogen-bond acceptors (Lipinski definition) is 5. The van der Waals surface area contributed by atoms with Crippen molar-refractivity contribution in [3.8, 4) is 0 Å². The maximum atomic E-state index is 12.3. The molecule has 0 fully saturated rings. The Kier molecular flexibility index (Phi) is 8.56. The smallest absolute Gasteiger partial charge is 0.295 e. The minimum absolute atomic E-state index is 0.148. The fourth-order valence-corrected chi connectivity index (χ4v) is 5.83. The molecule has 204 valence electrons. The zero-order chi connectivity index (χ0) is 28.2. The van der Waals surface area contributed by atoms with Crippen LogP contribution >= 0.6 is 0 Å². The largest absolute Gasteiger partial charge is 0.367 e. The Balaban J connectivity index is 1.74. The lowest BCUT2D eigenvalue weighted by atomic mass is 9.88. The van der Waals surface area contributed by atoms with Gasteiger partial charge in [0.2, 0.25) is 0 Å². The summed E-state index contributed by atoms with van der Waals surface area (Å²) in [5.74, 6) is 0. The van der Waals surface area contributed by atoms with Crippen LogP contribution in [0.25, 0.3) is 5.57 Å². The summed E-state index contributed by atoms with van der Waals surface area (Å²) in [7, 11) is -8.71. The molecular weight excluding hydrogens is 534 g/mol. The third-order valence-corrected chi connectivity index (χ3v) is 8.49. The van der Waals surface area contributed by atoms with E-state index in [9.17, 15) is 25.9 Å². The zero-order valence-corrected chi connectivity index (χ0v) is 23.4. The molecular formula is C30H31NO6S2. The van der Waals surface area contributed by atoms with Gasteiger partial charge in [-0.1, -0.05) is 73.2 Å². The van der Waals surface area contributed by atoms with Crippen LogP contribution in [0, 0.1) is 0 Å². The minimum Gasteiger partial charge on any atom is -0.367 e. The van der Waals surface area contributed by atoms with Gasteiger partial charge in [-0.25, -0.2) is 0 Å². The van der Waals surface area contributed by atoms with Crippen LogP contribution in [0.1, 0.15) is 43.4 Å². The Morgan fingerprint density at radius 2 is 1.51 bits per heavy atom. The Bertz CT molecular complexity index is 1650. The van der Waals surface area contributed by atoms with Crippen LogP contribution in [-0.4, -0.2) is 32.5 Å². The van der Waals surface area contributed by atoms with Gasteiger partial charge < -0.3 is 4.90 Å². The first-order valence-electron chi connectivity index (χ1n) is 12.6.